The molecule has 1 atom stereocenters. The van der Waals surface area contributed by atoms with E-state index in [1.807, 2.05) is 13.0 Å². The number of hydrogen-bond acceptors (Lipinski definition) is 3. The van der Waals surface area contributed by atoms with Gasteiger partial charge in [0.1, 0.15) is 12.4 Å². The smallest absolute Gasteiger partial charge is 0.254 e. The monoisotopic (exact) mass is 444 g/mol. The van der Waals surface area contributed by atoms with Gasteiger partial charge in [-0.3, -0.25) is 4.79 Å². The minimum absolute atomic E-state index is 0.186. The van der Waals surface area contributed by atoms with E-state index in [1.165, 1.54) is 12.1 Å². The maximum absolute atomic E-state index is 13.8. The van der Waals surface area contributed by atoms with E-state index >= 15 is 0 Å². The minimum atomic E-state index is -0.294. The van der Waals surface area contributed by atoms with Crippen molar-refractivity contribution < 1.29 is 13.9 Å². The molecule has 0 radical (unpaired) electrons. The Kier molecular flexibility index (Phi) is 5.93. The number of carbonyl (C=O) groups excluding carboxylic acids is 1. The Labute approximate surface area is 184 Å². The molecule has 0 unspecified atom stereocenters. The molecule has 4 rings (SSSR count). The van der Waals surface area contributed by atoms with E-state index in [-0.39, 0.29) is 24.4 Å². The average Bonchev–Trinajstić information content (AvgIpc) is 2.74. The molecule has 1 aliphatic heterocycles. The molecule has 2 heterocycles. The third kappa shape index (κ3) is 4.42. The van der Waals surface area contributed by atoms with Crippen LogP contribution < -0.4 is 4.74 Å². The lowest BCUT2D eigenvalue weighted by atomic mass is 9.93. The van der Waals surface area contributed by atoms with E-state index in [2.05, 4.69) is 4.98 Å². The van der Waals surface area contributed by atoms with Crippen molar-refractivity contribution >= 4 is 29.1 Å². The normalized spacial score (nSPS) is 15.6. The number of benzene rings is 2. The summed E-state index contributed by atoms with van der Waals surface area (Å²) in [7, 11) is 0. The lowest BCUT2D eigenvalue weighted by Gasteiger charge is -2.37. The summed E-state index contributed by atoms with van der Waals surface area (Å²) in [4.78, 5) is 19.3. The first kappa shape index (κ1) is 20.6. The number of ether oxygens (including phenoxy) is 1. The maximum Gasteiger partial charge on any atom is 0.254 e. The number of amides is 1. The zero-order valence-corrected chi connectivity index (χ0v) is 17.8. The molecule has 0 bridgehead atoms. The lowest BCUT2D eigenvalue weighted by molar-refractivity contribution is 0.0562. The van der Waals surface area contributed by atoms with Crippen molar-refractivity contribution in [3.05, 3.63) is 92.8 Å². The number of rotatable bonds is 4. The summed E-state index contributed by atoms with van der Waals surface area (Å²) in [6, 6.07) is 12.9. The number of aryl methyl sites for hydroxylation is 1. The first-order valence-electron chi connectivity index (χ1n) is 9.49. The SMILES string of the molecule is Cc1ccc(OC[C@@H]2Cc3cc(F)ccc3CN2C(=O)c2ccc(Cl)c(Cl)c2)nc1. The molecule has 4 nitrogen and oxygen atoms in total. The Balaban J connectivity index is 1.61. The molecule has 0 spiro atoms. The van der Waals surface area contributed by atoms with Crippen LogP contribution in [0.3, 0.4) is 0 Å². The topological polar surface area (TPSA) is 42.4 Å². The first-order chi connectivity index (χ1) is 14.4. The molecule has 3 aromatic rings. The van der Waals surface area contributed by atoms with Gasteiger partial charge in [0.15, 0.2) is 0 Å². The average molecular weight is 445 g/mol. The van der Waals surface area contributed by atoms with Crippen molar-refractivity contribution in [3.8, 4) is 5.88 Å². The number of carbonyl (C=O) groups is 1. The molecular weight excluding hydrogens is 426 g/mol. The zero-order valence-electron chi connectivity index (χ0n) is 16.2. The van der Waals surface area contributed by atoms with Crippen molar-refractivity contribution in [1.82, 2.24) is 9.88 Å². The predicted molar refractivity (Wildman–Crippen MR) is 115 cm³/mol. The second kappa shape index (κ2) is 8.62. The molecule has 2 aromatic carbocycles. The van der Waals surface area contributed by atoms with Gasteiger partial charge >= 0.3 is 0 Å². The van der Waals surface area contributed by atoms with Crippen LogP contribution in [0.2, 0.25) is 10.0 Å². The van der Waals surface area contributed by atoms with Crippen molar-refractivity contribution in [2.75, 3.05) is 6.61 Å². The highest BCUT2D eigenvalue weighted by atomic mass is 35.5. The summed E-state index contributed by atoms with van der Waals surface area (Å²) in [5.41, 5.74) is 3.25. The van der Waals surface area contributed by atoms with Gasteiger partial charge in [-0.05, 0) is 60.4 Å². The van der Waals surface area contributed by atoms with E-state index in [1.54, 1.807) is 41.4 Å². The van der Waals surface area contributed by atoms with Gasteiger partial charge in [-0.1, -0.05) is 35.3 Å². The lowest BCUT2D eigenvalue weighted by Crippen LogP contribution is -2.47. The summed E-state index contributed by atoms with van der Waals surface area (Å²) in [6.07, 6.45) is 2.20. The minimum Gasteiger partial charge on any atom is -0.475 e. The summed E-state index contributed by atoms with van der Waals surface area (Å²) in [5.74, 6) is -0.000498. The highest BCUT2D eigenvalue weighted by molar-refractivity contribution is 6.42. The van der Waals surface area contributed by atoms with Crippen LogP contribution in [0.25, 0.3) is 0 Å². The van der Waals surface area contributed by atoms with Gasteiger partial charge < -0.3 is 9.64 Å². The van der Waals surface area contributed by atoms with Crippen LogP contribution in [0.15, 0.2) is 54.7 Å². The fraction of sp³-hybridized carbons (Fsp3) is 0.217. The van der Waals surface area contributed by atoms with Gasteiger partial charge in [0.05, 0.1) is 16.1 Å². The van der Waals surface area contributed by atoms with Crippen molar-refractivity contribution in [3.63, 3.8) is 0 Å². The van der Waals surface area contributed by atoms with Gasteiger partial charge in [0.25, 0.3) is 5.91 Å². The number of halogens is 3. The molecule has 1 amide bonds. The Morgan fingerprint density at radius 3 is 2.70 bits per heavy atom. The van der Waals surface area contributed by atoms with Crippen LogP contribution in [0.4, 0.5) is 4.39 Å². The zero-order chi connectivity index (χ0) is 21.3. The Bertz CT molecular complexity index is 1090. The van der Waals surface area contributed by atoms with Gasteiger partial charge in [-0.25, -0.2) is 9.37 Å². The highest BCUT2D eigenvalue weighted by Gasteiger charge is 2.31. The number of fused-ring (bicyclic) bond motifs is 1. The van der Waals surface area contributed by atoms with Crippen LogP contribution in [0, 0.1) is 12.7 Å². The quantitative estimate of drug-likeness (QED) is 0.534. The largest absolute Gasteiger partial charge is 0.475 e. The van der Waals surface area contributed by atoms with E-state index in [0.29, 0.717) is 34.5 Å². The third-order valence-corrected chi connectivity index (χ3v) is 5.88. The molecule has 0 aliphatic carbocycles. The van der Waals surface area contributed by atoms with E-state index in [9.17, 15) is 9.18 Å². The molecule has 1 aromatic heterocycles. The molecule has 30 heavy (non-hydrogen) atoms. The number of hydrogen-bond donors (Lipinski definition) is 0. The van der Waals surface area contributed by atoms with Gasteiger partial charge in [-0.15, -0.1) is 0 Å². The predicted octanol–water partition coefficient (Wildman–Crippen LogP) is 5.48. The van der Waals surface area contributed by atoms with Crippen molar-refractivity contribution in [2.24, 2.45) is 0 Å². The van der Waals surface area contributed by atoms with Crippen molar-refractivity contribution in [2.45, 2.75) is 25.9 Å². The molecule has 0 N–H and O–H groups in total. The Hall–Kier alpha value is -2.63. The summed E-state index contributed by atoms with van der Waals surface area (Å²) in [5, 5.41) is 0.705. The molecular formula is C23H19Cl2FN2O2. The number of nitrogens with zero attached hydrogens (tertiary/aromatic N) is 2. The van der Waals surface area contributed by atoms with Crippen LogP contribution in [0.1, 0.15) is 27.0 Å². The molecule has 154 valence electrons. The van der Waals surface area contributed by atoms with Crippen LogP contribution in [0.5, 0.6) is 5.88 Å². The van der Waals surface area contributed by atoms with E-state index in [4.69, 9.17) is 27.9 Å². The highest BCUT2D eigenvalue weighted by Crippen LogP contribution is 2.28. The standard InChI is InChI=1S/C23H19Cl2FN2O2/c1-14-2-7-22(27-11-14)30-13-19-9-17-8-18(26)5-3-16(17)12-28(19)23(29)15-4-6-20(24)21(25)10-15/h2-8,10-11,19H,9,12-13H2,1H3/t19-/m0/s1. The van der Waals surface area contributed by atoms with Crippen LogP contribution >= 0.6 is 23.2 Å². The maximum atomic E-state index is 13.8. The molecule has 7 heteroatoms. The number of aromatic nitrogens is 1. The second-order valence-corrected chi connectivity index (χ2v) is 8.13. The van der Waals surface area contributed by atoms with Gasteiger partial charge in [0.2, 0.25) is 5.88 Å². The second-order valence-electron chi connectivity index (χ2n) is 7.32. The molecule has 0 fully saturated rings. The van der Waals surface area contributed by atoms with Gasteiger partial charge in [-0.2, -0.15) is 0 Å². The fourth-order valence-corrected chi connectivity index (χ4v) is 3.82. The number of pyridine rings is 1. The molecule has 0 saturated heterocycles. The molecule has 1 aliphatic rings. The summed E-state index contributed by atoms with van der Waals surface area (Å²) < 4.78 is 19.6. The van der Waals surface area contributed by atoms with Crippen LogP contribution in [-0.4, -0.2) is 28.4 Å². The van der Waals surface area contributed by atoms with Crippen LogP contribution in [-0.2, 0) is 13.0 Å². The summed E-state index contributed by atoms with van der Waals surface area (Å²) in [6.45, 7) is 2.53. The summed E-state index contributed by atoms with van der Waals surface area (Å²) >= 11 is 12.1. The Morgan fingerprint density at radius 2 is 1.97 bits per heavy atom. The van der Waals surface area contributed by atoms with E-state index < -0.39 is 0 Å². The Morgan fingerprint density at radius 1 is 1.13 bits per heavy atom. The fourth-order valence-electron chi connectivity index (χ4n) is 3.52. The van der Waals surface area contributed by atoms with E-state index in [0.717, 1.165) is 16.7 Å². The first-order valence-corrected chi connectivity index (χ1v) is 10.2. The third-order valence-electron chi connectivity index (χ3n) is 5.14. The molecule has 0 saturated carbocycles. The van der Waals surface area contributed by atoms with Gasteiger partial charge in [0, 0.05) is 24.4 Å². The van der Waals surface area contributed by atoms with Crippen molar-refractivity contribution in [1.29, 1.82) is 0 Å².